The maximum Gasteiger partial charge on any atom is 0.171 e. The number of nitrogens with zero attached hydrogens (tertiary/aromatic N) is 2. The number of aromatic nitrogens is 1. The fourth-order valence-corrected chi connectivity index (χ4v) is 3.52. The fraction of sp³-hybridized carbons (Fsp3) is 0.421. The van der Waals surface area contributed by atoms with Crippen LogP contribution in [-0.4, -0.2) is 36.6 Å². The molecule has 0 saturated carbocycles. The highest BCUT2D eigenvalue weighted by atomic mass is 35.5. The molecular formula is C19H24ClN3O. The van der Waals surface area contributed by atoms with E-state index in [1.807, 2.05) is 12.3 Å². The summed E-state index contributed by atoms with van der Waals surface area (Å²) in [4.78, 5) is 6.74. The number of ether oxygens (including phenoxy) is 1. The zero-order valence-electron chi connectivity index (χ0n) is 14.4. The van der Waals surface area contributed by atoms with Gasteiger partial charge in [-0.25, -0.2) is 4.98 Å². The van der Waals surface area contributed by atoms with Gasteiger partial charge in [0.15, 0.2) is 10.9 Å². The van der Waals surface area contributed by atoms with Crippen molar-refractivity contribution in [3.8, 4) is 5.75 Å². The summed E-state index contributed by atoms with van der Waals surface area (Å²) in [5.41, 5.74) is 3.84. The van der Waals surface area contributed by atoms with Crippen LogP contribution in [0.3, 0.4) is 0 Å². The molecule has 1 unspecified atom stereocenters. The first-order chi connectivity index (χ1) is 11.6. The Morgan fingerprint density at radius 1 is 1.38 bits per heavy atom. The SMILES string of the molecule is COc1cc([C@H](C)N2CCNC(c3ccccc3C)C2)cnc1Cl. The van der Waals surface area contributed by atoms with Crippen molar-refractivity contribution in [2.24, 2.45) is 0 Å². The van der Waals surface area contributed by atoms with Crippen LogP contribution in [0.5, 0.6) is 5.75 Å². The molecule has 0 bridgehead atoms. The van der Waals surface area contributed by atoms with E-state index in [0.29, 0.717) is 16.9 Å². The molecule has 0 radical (unpaired) electrons. The van der Waals surface area contributed by atoms with E-state index in [0.717, 1.165) is 25.2 Å². The Kier molecular flexibility index (Phi) is 5.39. The summed E-state index contributed by atoms with van der Waals surface area (Å²) < 4.78 is 5.30. The minimum absolute atomic E-state index is 0.261. The van der Waals surface area contributed by atoms with Crippen LogP contribution in [0.25, 0.3) is 0 Å². The van der Waals surface area contributed by atoms with Gasteiger partial charge in [-0.3, -0.25) is 4.90 Å². The molecule has 2 heterocycles. The van der Waals surface area contributed by atoms with Gasteiger partial charge in [-0.2, -0.15) is 0 Å². The van der Waals surface area contributed by atoms with Gasteiger partial charge in [0.1, 0.15) is 0 Å². The monoisotopic (exact) mass is 345 g/mol. The first-order valence-electron chi connectivity index (χ1n) is 8.32. The topological polar surface area (TPSA) is 37.4 Å². The third-order valence-corrected chi connectivity index (χ3v) is 5.13. The molecule has 0 aliphatic carbocycles. The number of nitrogens with one attached hydrogen (secondary N) is 1. The standard InChI is InChI=1S/C19H24ClN3O/c1-13-6-4-5-7-16(13)17-12-23(9-8-21-17)14(2)15-10-18(24-3)19(20)22-11-15/h4-7,10-11,14,17,21H,8-9,12H2,1-3H3/t14-,17?/m0/s1. The molecule has 2 aromatic rings. The van der Waals surface area contributed by atoms with Gasteiger partial charge in [-0.1, -0.05) is 35.9 Å². The number of halogens is 1. The Morgan fingerprint density at radius 3 is 2.92 bits per heavy atom. The van der Waals surface area contributed by atoms with Crippen molar-refractivity contribution in [2.45, 2.75) is 25.9 Å². The number of hydrogen-bond acceptors (Lipinski definition) is 4. The minimum Gasteiger partial charge on any atom is -0.494 e. The average Bonchev–Trinajstić information content (AvgIpc) is 2.62. The third-order valence-electron chi connectivity index (χ3n) is 4.85. The summed E-state index contributed by atoms with van der Waals surface area (Å²) in [6, 6.07) is 11.2. The summed E-state index contributed by atoms with van der Waals surface area (Å²) in [6.07, 6.45) is 1.85. The highest BCUT2D eigenvalue weighted by molar-refractivity contribution is 6.30. The first-order valence-corrected chi connectivity index (χ1v) is 8.70. The second-order valence-corrected chi connectivity index (χ2v) is 6.65. The molecule has 1 aromatic heterocycles. The normalized spacial score (nSPS) is 19.9. The Hall–Kier alpha value is -1.62. The summed E-state index contributed by atoms with van der Waals surface area (Å²) in [5.74, 6) is 0.631. The fourth-order valence-electron chi connectivity index (χ4n) is 3.34. The molecule has 128 valence electrons. The van der Waals surface area contributed by atoms with Crippen molar-refractivity contribution in [1.29, 1.82) is 0 Å². The van der Waals surface area contributed by atoms with Crippen molar-refractivity contribution < 1.29 is 4.74 Å². The van der Waals surface area contributed by atoms with Gasteiger partial charge in [-0.15, -0.1) is 0 Å². The number of rotatable bonds is 4. The van der Waals surface area contributed by atoms with Gasteiger partial charge in [0.25, 0.3) is 0 Å². The molecular weight excluding hydrogens is 322 g/mol. The minimum atomic E-state index is 0.261. The van der Waals surface area contributed by atoms with Gasteiger partial charge in [0.2, 0.25) is 0 Å². The number of methoxy groups -OCH3 is 1. The molecule has 1 saturated heterocycles. The number of benzene rings is 1. The van der Waals surface area contributed by atoms with Crippen molar-refractivity contribution in [3.05, 3.63) is 58.4 Å². The van der Waals surface area contributed by atoms with Crippen LogP contribution >= 0.6 is 11.6 Å². The van der Waals surface area contributed by atoms with E-state index < -0.39 is 0 Å². The van der Waals surface area contributed by atoms with Crippen molar-refractivity contribution in [2.75, 3.05) is 26.7 Å². The first kappa shape index (κ1) is 17.2. The van der Waals surface area contributed by atoms with Crippen LogP contribution in [0.1, 0.15) is 35.7 Å². The lowest BCUT2D eigenvalue weighted by Gasteiger charge is -2.38. The molecule has 1 aliphatic rings. The number of aryl methyl sites for hydroxylation is 1. The lowest BCUT2D eigenvalue weighted by Crippen LogP contribution is -2.46. The van der Waals surface area contributed by atoms with Crippen molar-refractivity contribution in [1.82, 2.24) is 15.2 Å². The zero-order chi connectivity index (χ0) is 17.1. The third kappa shape index (κ3) is 3.56. The van der Waals surface area contributed by atoms with Crippen LogP contribution in [0.15, 0.2) is 36.5 Å². The Labute approximate surface area is 148 Å². The number of hydrogen-bond donors (Lipinski definition) is 1. The van der Waals surface area contributed by atoms with Crippen LogP contribution < -0.4 is 10.1 Å². The lowest BCUT2D eigenvalue weighted by atomic mass is 9.98. The maximum atomic E-state index is 6.05. The van der Waals surface area contributed by atoms with E-state index in [9.17, 15) is 0 Å². The largest absolute Gasteiger partial charge is 0.494 e. The van der Waals surface area contributed by atoms with Crippen LogP contribution in [0.4, 0.5) is 0 Å². The maximum absolute atomic E-state index is 6.05. The predicted molar refractivity (Wildman–Crippen MR) is 97.7 cm³/mol. The quantitative estimate of drug-likeness (QED) is 0.856. The zero-order valence-corrected chi connectivity index (χ0v) is 15.2. The molecule has 2 atom stereocenters. The van der Waals surface area contributed by atoms with E-state index in [1.54, 1.807) is 7.11 Å². The van der Waals surface area contributed by atoms with Gasteiger partial charge in [0.05, 0.1) is 7.11 Å². The van der Waals surface area contributed by atoms with Gasteiger partial charge in [0, 0.05) is 37.9 Å². The highest BCUT2D eigenvalue weighted by Crippen LogP contribution is 2.30. The summed E-state index contributed by atoms with van der Waals surface area (Å²) in [7, 11) is 1.62. The second-order valence-electron chi connectivity index (χ2n) is 6.30. The van der Waals surface area contributed by atoms with E-state index in [2.05, 4.69) is 53.3 Å². The molecule has 0 amide bonds. The molecule has 5 heteroatoms. The summed E-state index contributed by atoms with van der Waals surface area (Å²) in [5, 5.41) is 4.05. The molecule has 1 aliphatic heterocycles. The van der Waals surface area contributed by atoms with E-state index >= 15 is 0 Å². The second kappa shape index (κ2) is 7.51. The molecule has 3 rings (SSSR count). The predicted octanol–water partition coefficient (Wildman–Crippen LogP) is 3.76. The van der Waals surface area contributed by atoms with Gasteiger partial charge < -0.3 is 10.1 Å². The smallest absolute Gasteiger partial charge is 0.171 e. The molecule has 4 nitrogen and oxygen atoms in total. The Balaban J connectivity index is 1.78. The Bertz CT molecular complexity index is 707. The summed E-state index contributed by atoms with van der Waals surface area (Å²) in [6.45, 7) is 7.34. The molecule has 1 N–H and O–H groups in total. The van der Waals surface area contributed by atoms with E-state index in [4.69, 9.17) is 16.3 Å². The van der Waals surface area contributed by atoms with Gasteiger partial charge in [-0.05, 0) is 36.6 Å². The average molecular weight is 346 g/mol. The van der Waals surface area contributed by atoms with Crippen LogP contribution in [0, 0.1) is 6.92 Å². The van der Waals surface area contributed by atoms with Crippen LogP contribution in [-0.2, 0) is 0 Å². The highest BCUT2D eigenvalue weighted by Gasteiger charge is 2.26. The van der Waals surface area contributed by atoms with Gasteiger partial charge >= 0.3 is 0 Å². The summed E-state index contributed by atoms with van der Waals surface area (Å²) >= 11 is 6.05. The lowest BCUT2D eigenvalue weighted by molar-refractivity contribution is 0.153. The Morgan fingerprint density at radius 2 is 2.17 bits per heavy atom. The molecule has 1 aromatic carbocycles. The van der Waals surface area contributed by atoms with Crippen molar-refractivity contribution >= 4 is 11.6 Å². The van der Waals surface area contributed by atoms with E-state index in [-0.39, 0.29) is 6.04 Å². The molecule has 1 fully saturated rings. The molecule has 24 heavy (non-hydrogen) atoms. The van der Waals surface area contributed by atoms with Crippen molar-refractivity contribution in [3.63, 3.8) is 0 Å². The number of piperazine rings is 1. The number of pyridine rings is 1. The van der Waals surface area contributed by atoms with Crippen LogP contribution in [0.2, 0.25) is 5.15 Å². The molecule has 0 spiro atoms. The van der Waals surface area contributed by atoms with E-state index in [1.165, 1.54) is 11.1 Å².